The van der Waals surface area contributed by atoms with Crippen molar-refractivity contribution in [3.63, 3.8) is 0 Å². The van der Waals surface area contributed by atoms with Gasteiger partial charge in [-0.2, -0.15) is 0 Å². The lowest BCUT2D eigenvalue weighted by atomic mass is 10.8. The van der Waals surface area contributed by atoms with E-state index in [4.69, 9.17) is 9.79 Å². The molecule has 0 saturated heterocycles. The Labute approximate surface area is 68.3 Å². The molecule has 0 heterocycles. The Morgan fingerprint density at radius 2 is 1.73 bits per heavy atom. The average molecular weight is 197 g/mol. The summed E-state index contributed by atoms with van der Waals surface area (Å²) in [5.74, 6) is -0.714. The second-order valence-electron chi connectivity index (χ2n) is 3.66. The van der Waals surface area contributed by atoms with Crippen LogP contribution in [-0.2, 0) is 4.57 Å². The Bertz CT molecular complexity index is 173. The van der Waals surface area contributed by atoms with Crippen molar-refractivity contribution in [2.75, 3.05) is 0 Å². The monoisotopic (exact) mass is 197 g/mol. The van der Waals surface area contributed by atoms with Gasteiger partial charge in [0.25, 0.3) is 0 Å². The predicted octanol–water partition coefficient (Wildman–Crippen LogP) is 0.935. The van der Waals surface area contributed by atoms with Crippen molar-refractivity contribution in [3.05, 3.63) is 0 Å². The fourth-order valence-corrected chi connectivity index (χ4v) is 3.80. The van der Waals surface area contributed by atoms with Crippen molar-refractivity contribution in [1.29, 1.82) is 0 Å². The highest BCUT2D eigenvalue weighted by atomic mass is 31.2. The van der Waals surface area contributed by atoms with Gasteiger partial charge in [-0.1, -0.05) is 19.6 Å². The molecule has 0 aliphatic carbocycles. The molecule has 0 amide bonds. The molecule has 0 aliphatic rings. The van der Waals surface area contributed by atoms with Gasteiger partial charge in [0, 0.05) is 0 Å². The lowest BCUT2D eigenvalue weighted by molar-refractivity contribution is 0.357. The van der Waals surface area contributed by atoms with Crippen molar-refractivity contribution in [1.82, 2.24) is 4.98 Å². The normalized spacial score (nSPS) is 16.5. The predicted molar refractivity (Wildman–Crippen MR) is 48.0 cm³/mol. The van der Waals surface area contributed by atoms with Crippen LogP contribution in [0.2, 0.25) is 19.6 Å². The van der Waals surface area contributed by atoms with Crippen LogP contribution in [0.3, 0.4) is 0 Å². The molecular weight excluding hydrogens is 181 g/mol. The van der Waals surface area contributed by atoms with Crippen LogP contribution in [0.4, 0.5) is 0 Å². The maximum Gasteiger partial charge on any atom is 0.341 e. The first-order chi connectivity index (χ1) is 4.63. The van der Waals surface area contributed by atoms with Crippen LogP contribution in [0.25, 0.3) is 0 Å². The van der Waals surface area contributed by atoms with Crippen LogP contribution >= 0.6 is 7.60 Å². The topological polar surface area (TPSA) is 69.6 Å². The summed E-state index contributed by atoms with van der Waals surface area (Å²) in [5.41, 5.74) is 0. The molecule has 6 heteroatoms. The van der Waals surface area contributed by atoms with Gasteiger partial charge in [-0.25, -0.2) is 0 Å². The number of rotatable bonds is 3. The Kier molecular flexibility index (Phi) is 3.47. The molecule has 0 bridgehead atoms. The van der Waals surface area contributed by atoms with E-state index in [1.54, 1.807) is 0 Å². The Morgan fingerprint density at radius 1 is 1.36 bits per heavy atom. The maximum atomic E-state index is 10.7. The largest absolute Gasteiger partial charge is 0.341 e. The zero-order valence-corrected chi connectivity index (χ0v) is 9.22. The van der Waals surface area contributed by atoms with E-state index in [1.165, 1.54) is 6.92 Å². The Morgan fingerprint density at radius 3 is 1.82 bits per heavy atom. The molecule has 11 heavy (non-hydrogen) atoms. The lowest BCUT2D eigenvalue weighted by Gasteiger charge is -2.24. The van der Waals surface area contributed by atoms with Gasteiger partial charge in [0.15, 0.2) is 0 Å². The second-order valence-corrected chi connectivity index (χ2v) is 10.4. The summed E-state index contributed by atoms with van der Waals surface area (Å²) >= 11 is 0. The van der Waals surface area contributed by atoms with Gasteiger partial charge >= 0.3 is 7.60 Å². The highest BCUT2D eigenvalue weighted by molar-refractivity contribution is 7.52. The minimum atomic E-state index is -3.93. The minimum absolute atomic E-state index is 0.714. The first kappa shape index (κ1) is 11.3. The van der Waals surface area contributed by atoms with E-state index in [9.17, 15) is 4.57 Å². The van der Waals surface area contributed by atoms with Crippen LogP contribution in [0.1, 0.15) is 6.92 Å². The van der Waals surface area contributed by atoms with Gasteiger partial charge in [0.2, 0.25) is 0 Å². The molecule has 3 N–H and O–H groups in total. The zero-order valence-electron chi connectivity index (χ0n) is 7.33. The first-order valence-electron chi connectivity index (χ1n) is 3.46. The minimum Gasteiger partial charge on any atom is -0.325 e. The van der Waals surface area contributed by atoms with E-state index >= 15 is 0 Å². The van der Waals surface area contributed by atoms with Gasteiger partial charge < -0.3 is 14.8 Å². The molecule has 0 aromatic rings. The van der Waals surface area contributed by atoms with E-state index in [2.05, 4.69) is 4.98 Å². The van der Waals surface area contributed by atoms with Crippen molar-refractivity contribution in [3.8, 4) is 0 Å². The fraction of sp³-hybridized carbons (Fsp3) is 1.00. The van der Waals surface area contributed by atoms with Crippen molar-refractivity contribution in [2.24, 2.45) is 0 Å². The summed E-state index contributed by atoms with van der Waals surface area (Å²) in [6, 6.07) is 0. The van der Waals surface area contributed by atoms with E-state index in [-0.39, 0.29) is 0 Å². The summed E-state index contributed by atoms with van der Waals surface area (Å²) in [6.45, 7) is 7.51. The summed E-state index contributed by atoms with van der Waals surface area (Å²) in [7, 11) is -5.50. The highest BCUT2D eigenvalue weighted by Gasteiger charge is 2.28. The van der Waals surface area contributed by atoms with E-state index in [0.29, 0.717) is 0 Å². The maximum absolute atomic E-state index is 10.7. The molecule has 1 unspecified atom stereocenters. The summed E-state index contributed by atoms with van der Waals surface area (Å²) < 4.78 is 10.7. The SMILES string of the molecule is CC(N[Si](C)(C)C)P(=O)(O)O. The molecule has 0 radical (unpaired) electrons. The molecule has 0 aromatic heterocycles. The molecule has 4 nitrogen and oxygen atoms in total. The van der Waals surface area contributed by atoms with Crippen LogP contribution in [0.5, 0.6) is 0 Å². The Balaban J connectivity index is 4.10. The van der Waals surface area contributed by atoms with E-state index in [0.717, 1.165) is 0 Å². The molecule has 0 fully saturated rings. The molecule has 0 rings (SSSR count). The van der Waals surface area contributed by atoms with Crippen molar-refractivity contribution in [2.45, 2.75) is 32.3 Å². The molecular formula is C5H16NO3PSi. The summed E-state index contributed by atoms with van der Waals surface area (Å²) in [4.78, 5) is 20.4. The third kappa shape index (κ3) is 5.58. The van der Waals surface area contributed by atoms with Crippen molar-refractivity contribution < 1.29 is 14.4 Å². The van der Waals surface area contributed by atoms with E-state index in [1.807, 2.05) is 19.6 Å². The average Bonchev–Trinajstić information content (AvgIpc) is 1.56. The highest BCUT2D eigenvalue weighted by Crippen LogP contribution is 2.39. The number of nitrogens with one attached hydrogen (secondary N) is 1. The quantitative estimate of drug-likeness (QED) is 0.465. The fourth-order valence-electron chi connectivity index (χ4n) is 0.711. The van der Waals surface area contributed by atoms with Crippen LogP contribution in [0, 0.1) is 0 Å². The standard InChI is InChI=1S/C5H16NO3PSi/c1-5(10(7,8)9)6-11(2,3)4/h5-6H,1-4H3,(H2,7,8,9). The van der Waals surface area contributed by atoms with Crippen LogP contribution in [0.15, 0.2) is 0 Å². The molecule has 68 valence electrons. The van der Waals surface area contributed by atoms with Gasteiger partial charge in [-0.3, -0.25) is 4.57 Å². The number of hydrogen-bond acceptors (Lipinski definition) is 2. The first-order valence-corrected chi connectivity index (χ1v) is 8.64. The van der Waals surface area contributed by atoms with Crippen molar-refractivity contribution >= 4 is 15.8 Å². The van der Waals surface area contributed by atoms with Crippen LogP contribution in [-0.4, -0.2) is 23.8 Å². The smallest absolute Gasteiger partial charge is 0.325 e. The summed E-state index contributed by atoms with van der Waals surface area (Å²) in [6.07, 6.45) is 0. The van der Waals surface area contributed by atoms with Gasteiger partial charge in [0.1, 0.15) is 14.0 Å². The second kappa shape index (κ2) is 3.37. The zero-order chi connectivity index (χ0) is 9.28. The molecule has 0 aromatic carbocycles. The van der Waals surface area contributed by atoms with Gasteiger partial charge in [0.05, 0.1) is 0 Å². The summed E-state index contributed by atoms with van der Waals surface area (Å²) in [5, 5.41) is 0. The van der Waals surface area contributed by atoms with Gasteiger partial charge in [-0.15, -0.1) is 0 Å². The molecule has 1 atom stereocenters. The third-order valence-corrected chi connectivity index (χ3v) is 3.83. The van der Waals surface area contributed by atoms with Crippen LogP contribution < -0.4 is 4.98 Å². The van der Waals surface area contributed by atoms with E-state index < -0.39 is 21.6 Å². The van der Waals surface area contributed by atoms with Gasteiger partial charge in [-0.05, 0) is 6.92 Å². The number of hydrogen-bond donors (Lipinski definition) is 3. The molecule has 0 aliphatic heterocycles. The molecule has 0 spiro atoms. The lowest BCUT2D eigenvalue weighted by Crippen LogP contribution is -2.46. The Hall–Kier alpha value is 0.327. The molecule has 0 saturated carbocycles. The third-order valence-electron chi connectivity index (χ3n) is 1.15.